The summed E-state index contributed by atoms with van der Waals surface area (Å²) in [6.07, 6.45) is 1.78. The van der Waals surface area contributed by atoms with E-state index in [4.69, 9.17) is 9.47 Å². The Morgan fingerprint density at radius 3 is 2.50 bits per heavy atom. The van der Waals surface area contributed by atoms with Gasteiger partial charge in [-0.05, 0) is 31.2 Å². The van der Waals surface area contributed by atoms with Crippen molar-refractivity contribution in [2.24, 2.45) is 0 Å². The predicted molar refractivity (Wildman–Crippen MR) is 112 cm³/mol. The molecule has 5 heteroatoms. The summed E-state index contributed by atoms with van der Waals surface area (Å²) >= 11 is 0. The molecule has 4 rings (SSSR count). The van der Waals surface area contributed by atoms with Crippen LogP contribution in [0.2, 0.25) is 0 Å². The molecule has 0 amide bonds. The van der Waals surface area contributed by atoms with Crippen LogP contribution < -0.4 is 14.8 Å². The van der Waals surface area contributed by atoms with E-state index < -0.39 is 0 Å². The second-order valence-electron chi connectivity index (χ2n) is 6.58. The molecule has 142 valence electrons. The van der Waals surface area contributed by atoms with E-state index in [1.165, 1.54) is 5.39 Å². The molecule has 0 spiro atoms. The van der Waals surface area contributed by atoms with Crippen LogP contribution >= 0.6 is 0 Å². The maximum atomic E-state index is 5.74. The number of H-pyrrole nitrogens is 1. The van der Waals surface area contributed by atoms with Gasteiger partial charge in [-0.1, -0.05) is 36.4 Å². The van der Waals surface area contributed by atoms with Crippen molar-refractivity contribution < 1.29 is 9.47 Å². The molecule has 1 atom stereocenters. The molecule has 0 aliphatic rings. The lowest BCUT2D eigenvalue weighted by molar-refractivity contribution is 0.351. The molecule has 0 radical (unpaired) electrons. The minimum Gasteiger partial charge on any atom is -0.493 e. The Kier molecular flexibility index (Phi) is 4.89. The van der Waals surface area contributed by atoms with Crippen LogP contribution in [0.5, 0.6) is 11.5 Å². The van der Waals surface area contributed by atoms with Crippen LogP contribution in [0.25, 0.3) is 10.9 Å². The number of para-hydroxylation sites is 2. The molecule has 0 unspecified atom stereocenters. The number of rotatable bonds is 6. The van der Waals surface area contributed by atoms with Crippen molar-refractivity contribution in [3.63, 3.8) is 0 Å². The summed E-state index contributed by atoms with van der Waals surface area (Å²) in [7, 11) is 3.32. The van der Waals surface area contributed by atoms with E-state index in [0.29, 0.717) is 11.5 Å². The van der Waals surface area contributed by atoms with Gasteiger partial charge in [0.1, 0.15) is 5.82 Å². The zero-order chi connectivity index (χ0) is 19.5. The second-order valence-corrected chi connectivity index (χ2v) is 6.58. The number of nitrogens with zero attached hydrogens (tertiary/aromatic N) is 1. The zero-order valence-electron chi connectivity index (χ0n) is 16.2. The van der Waals surface area contributed by atoms with Crippen molar-refractivity contribution in [1.82, 2.24) is 9.97 Å². The molecule has 28 heavy (non-hydrogen) atoms. The largest absolute Gasteiger partial charge is 0.493 e. The minimum atomic E-state index is -0.170. The summed E-state index contributed by atoms with van der Waals surface area (Å²) in [6.45, 7) is 2.09. The Morgan fingerprint density at radius 1 is 0.929 bits per heavy atom. The number of anilines is 1. The van der Waals surface area contributed by atoms with Gasteiger partial charge >= 0.3 is 0 Å². The fraction of sp³-hybridized carbons (Fsp3) is 0.174. The zero-order valence-corrected chi connectivity index (χ0v) is 16.2. The summed E-state index contributed by atoms with van der Waals surface area (Å²) in [6, 6.07) is 19.9. The smallest absolute Gasteiger partial charge is 0.166 e. The number of benzene rings is 2. The number of methoxy groups -OCH3 is 2. The van der Waals surface area contributed by atoms with E-state index in [1.54, 1.807) is 20.4 Å². The molecule has 0 aliphatic carbocycles. The number of fused-ring (bicyclic) bond motifs is 1. The normalized spacial score (nSPS) is 12.0. The average Bonchev–Trinajstić information content (AvgIpc) is 3.07. The van der Waals surface area contributed by atoms with Gasteiger partial charge in [0.05, 0.1) is 20.3 Å². The van der Waals surface area contributed by atoms with Gasteiger partial charge < -0.3 is 19.8 Å². The van der Waals surface area contributed by atoms with E-state index in [2.05, 4.69) is 46.5 Å². The molecule has 0 fully saturated rings. The second kappa shape index (κ2) is 7.64. The first-order valence-electron chi connectivity index (χ1n) is 9.18. The molecule has 2 aromatic heterocycles. The highest BCUT2D eigenvalue weighted by Gasteiger charge is 2.25. The van der Waals surface area contributed by atoms with Crippen LogP contribution in [-0.4, -0.2) is 24.2 Å². The van der Waals surface area contributed by atoms with Crippen LogP contribution in [0.4, 0.5) is 5.82 Å². The van der Waals surface area contributed by atoms with Crippen molar-refractivity contribution in [2.45, 2.75) is 13.0 Å². The molecule has 2 N–H and O–H groups in total. The van der Waals surface area contributed by atoms with Gasteiger partial charge in [-0.25, -0.2) is 4.98 Å². The van der Waals surface area contributed by atoms with E-state index in [-0.39, 0.29) is 6.04 Å². The SMILES string of the molecule is COc1cccc([C@H](Nc2ccccn2)c2c(C)[nH]c3ccccc23)c1OC. The molecule has 5 nitrogen and oxygen atoms in total. The maximum absolute atomic E-state index is 5.74. The van der Waals surface area contributed by atoms with Crippen LogP contribution in [-0.2, 0) is 0 Å². The van der Waals surface area contributed by atoms with E-state index >= 15 is 0 Å². The van der Waals surface area contributed by atoms with Crippen LogP contribution in [0.1, 0.15) is 22.9 Å². The van der Waals surface area contributed by atoms with E-state index in [9.17, 15) is 0 Å². The third-order valence-corrected chi connectivity index (χ3v) is 4.93. The van der Waals surface area contributed by atoms with E-state index in [1.807, 2.05) is 36.4 Å². The number of pyridine rings is 1. The lowest BCUT2D eigenvalue weighted by Gasteiger charge is -2.24. The fourth-order valence-electron chi connectivity index (χ4n) is 3.71. The summed E-state index contributed by atoms with van der Waals surface area (Å²) in [4.78, 5) is 7.97. The molecule has 4 aromatic rings. The highest BCUT2D eigenvalue weighted by molar-refractivity contribution is 5.86. The third-order valence-electron chi connectivity index (χ3n) is 4.93. The van der Waals surface area contributed by atoms with Crippen molar-refractivity contribution in [3.8, 4) is 11.5 Å². The molecular formula is C23H23N3O2. The molecular weight excluding hydrogens is 350 g/mol. The molecule has 2 aromatic carbocycles. The highest BCUT2D eigenvalue weighted by atomic mass is 16.5. The first-order valence-corrected chi connectivity index (χ1v) is 9.18. The molecule has 0 aliphatic heterocycles. The fourth-order valence-corrected chi connectivity index (χ4v) is 3.71. The molecule has 2 heterocycles. The van der Waals surface area contributed by atoms with Gasteiger partial charge in [0.2, 0.25) is 0 Å². The Balaban J connectivity index is 1.94. The van der Waals surface area contributed by atoms with Crippen molar-refractivity contribution in [2.75, 3.05) is 19.5 Å². The van der Waals surface area contributed by atoms with Gasteiger partial charge in [-0.2, -0.15) is 0 Å². The van der Waals surface area contributed by atoms with Crippen molar-refractivity contribution in [1.29, 1.82) is 0 Å². The standard InChI is InChI=1S/C23H23N3O2/c1-15-21(16-9-4-5-11-18(16)25-15)22(26-20-13-6-7-14-24-20)17-10-8-12-19(27-2)23(17)28-3/h4-14,22,25H,1-3H3,(H,24,26)/t22-/m0/s1. The number of aromatic nitrogens is 2. The summed E-state index contributed by atoms with van der Waals surface area (Å²) in [5, 5.41) is 4.76. The minimum absolute atomic E-state index is 0.170. The number of hydrogen-bond acceptors (Lipinski definition) is 4. The maximum Gasteiger partial charge on any atom is 0.166 e. The van der Waals surface area contributed by atoms with Crippen molar-refractivity contribution in [3.05, 3.63) is 83.7 Å². The Labute approximate surface area is 164 Å². The van der Waals surface area contributed by atoms with Crippen molar-refractivity contribution >= 4 is 16.7 Å². The number of ether oxygens (including phenoxy) is 2. The number of aromatic amines is 1. The quantitative estimate of drug-likeness (QED) is 0.494. The number of nitrogens with one attached hydrogen (secondary N) is 2. The number of hydrogen-bond donors (Lipinski definition) is 2. The van der Waals surface area contributed by atoms with Gasteiger partial charge in [-0.3, -0.25) is 0 Å². The molecule has 0 bridgehead atoms. The van der Waals surface area contributed by atoms with Crippen LogP contribution in [0.3, 0.4) is 0 Å². The molecule has 0 saturated carbocycles. The number of aryl methyl sites for hydroxylation is 1. The first kappa shape index (κ1) is 17.9. The molecule has 0 saturated heterocycles. The monoisotopic (exact) mass is 373 g/mol. The topological polar surface area (TPSA) is 59.2 Å². The lowest BCUT2D eigenvalue weighted by atomic mass is 9.94. The Bertz CT molecular complexity index is 1090. The first-order chi connectivity index (χ1) is 13.7. The third kappa shape index (κ3) is 3.16. The summed E-state index contributed by atoms with van der Waals surface area (Å²) < 4.78 is 11.3. The summed E-state index contributed by atoms with van der Waals surface area (Å²) in [5.74, 6) is 2.20. The van der Waals surface area contributed by atoms with Gasteiger partial charge in [0.25, 0.3) is 0 Å². The van der Waals surface area contributed by atoms with Crippen LogP contribution in [0.15, 0.2) is 66.9 Å². The van der Waals surface area contributed by atoms with Gasteiger partial charge in [0.15, 0.2) is 11.5 Å². The van der Waals surface area contributed by atoms with Gasteiger partial charge in [0, 0.05) is 33.9 Å². The lowest BCUT2D eigenvalue weighted by Crippen LogP contribution is -2.15. The van der Waals surface area contributed by atoms with Crippen LogP contribution in [0, 0.1) is 6.92 Å². The average molecular weight is 373 g/mol. The Morgan fingerprint density at radius 2 is 1.75 bits per heavy atom. The predicted octanol–water partition coefficient (Wildman–Crippen LogP) is 5.09. The van der Waals surface area contributed by atoms with Gasteiger partial charge in [-0.15, -0.1) is 0 Å². The van der Waals surface area contributed by atoms with E-state index in [0.717, 1.165) is 28.2 Å². The summed E-state index contributed by atoms with van der Waals surface area (Å²) in [5.41, 5.74) is 4.34. The Hall–Kier alpha value is -3.47. The highest BCUT2D eigenvalue weighted by Crippen LogP contribution is 2.41.